The lowest BCUT2D eigenvalue weighted by Gasteiger charge is -1.84. The average Bonchev–Trinajstić information content (AvgIpc) is 1.83. The predicted octanol–water partition coefficient (Wildman–Crippen LogP) is 2.22. The molecule has 44 valence electrons. The van der Waals surface area contributed by atoms with E-state index >= 15 is 0 Å². The summed E-state index contributed by atoms with van der Waals surface area (Å²) in [6, 6.07) is 0. The van der Waals surface area contributed by atoms with Gasteiger partial charge in [-0.05, 0) is 11.6 Å². The van der Waals surface area contributed by atoms with Gasteiger partial charge in [0.1, 0.15) is 5.70 Å². The van der Waals surface area contributed by atoms with Crippen molar-refractivity contribution in [1.29, 1.82) is 0 Å². The van der Waals surface area contributed by atoms with Gasteiger partial charge in [-0.1, -0.05) is 13.5 Å². The Bertz CT molecular complexity index is 122. The van der Waals surface area contributed by atoms with Gasteiger partial charge in [-0.15, -0.1) is 10.6 Å². The molecule has 0 heterocycles. The molecule has 0 saturated carbocycles. The van der Waals surface area contributed by atoms with Crippen molar-refractivity contribution in [2.75, 3.05) is 0 Å². The molecule has 0 amide bonds. The Morgan fingerprint density at radius 3 is 2.62 bits per heavy atom. The Hall–Kier alpha value is -0.880. The minimum atomic E-state index is 0.424. The molecule has 0 atom stereocenters. The van der Waals surface area contributed by atoms with Gasteiger partial charge in [0.05, 0.1) is 0 Å². The molecule has 0 aromatic carbocycles. The fraction of sp³-hybridized carbons (Fsp3) is 0.500. The van der Waals surface area contributed by atoms with Gasteiger partial charge in [-0.2, -0.15) is 0 Å². The number of allylic oxidation sites excluding steroid dienone is 1. The van der Waals surface area contributed by atoms with Crippen LogP contribution >= 0.6 is 0 Å². The molecule has 0 aromatic rings. The lowest BCUT2D eigenvalue weighted by molar-refractivity contribution is 0.893. The van der Waals surface area contributed by atoms with E-state index in [0.717, 1.165) is 6.42 Å². The molecule has 0 saturated heterocycles. The number of hydrogen-bond acceptors (Lipinski definition) is 2. The number of hydrogen-bond donors (Lipinski definition) is 0. The number of nitrogens with zero attached hydrogens (tertiary/aromatic N) is 1. The maximum Gasteiger partial charge on any atom is 0.126 e. The molecule has 0 bridgehead atoms. The summed E-state index contributed by atoms with van der Waals surface area (Å²) in [7, 11) is 0. The van der Waals surface area contributed by atoms with Crippen LogP contribution in [0.15, 0.2) is 23.2 Å². The van der Waals surface area contributed by atoms with Crippen LogP contribution in [0.4, 0.5) is 0 Å². The third-order valence-corrected chi connectivity index (χ3v) is 0.801. The van der Waals surface area contributed by atoms with Gasteiger partial charge in [-0.25, -0.2) is 0 Å². The van der Waals surface area contributed by atoms with Gasteiger partial charge < -0.3 is 0 Å². The molecule has 0 radical (unpaired) electrons. The minimum Gasteiger partial charge on any atom is -0.144 e. The Morgan fingerprint density at radius 2 is 2.50 bits per heavy atom. The second-order valence-electron chi connectivity index (χ2n) is 1.46. The molecule has 0 aliphatic carbocycles. The van der Waals surface area contributed by atoms with Crippen molar-refractivity contribution in [3.63, 3.8) is 0 Å². The molecular weight excluding hydrogens is 102 g/mol. The highest BCUT2D eigenvalue weighted by Gasteiger charge is 1.88. The van der Waals surface area contributed by atoms with Crippen LogP contribution in [-0.2, 0) is 0 Å². The normalized spacial score (nSPS) is 7.62. The smallest absolute Gasteiger partial charge is 0.126 e. The van der Waals surface area contributed by atoms with E-state index in [9.17, 15) is 4.91 Å². The van der Waals surface area contributed by atoms with Crippen molar-refractivity contribution in [1.82, 2.24) is 0 Å². The summed E-state index contributed by atoms with van der Waals surface area (Å²) in [5.41, 5.74) is 2.86. The van der Waals surface area contributed by atoms with Crippen LogP contribution in [-0.4, -0.2) is 0 Å². The Labute approximate surface area is 48.9 Å². The summed E-state index contributed by atoms with van der Waals surface area (Å²) in [6.07, 6.45) is 1.61. The maximum atomic E-state index is 9.74. The summed E-state index contributed by atoms with van der Waals surface area (Å²) in [6.45, 7) is 5.27. The van der Waals surface area contributed by atoms with E-state index in [1.165, 1.54) is 0 Å². The molecule has 0 N–H and O–H groups in total. The third-order valence-electron chi connectivity index (χ3n) is 0.801. The summed E-state index contributed by atoms with van der Waals surface area (Å²) in [4.78, 5) is 9.74. The van der Waals surface area contributed by atoms with Crippen LogP contribution < -0.4 is 0 Å². The highest BCUT2D eigenvalue weighted by molar-refractivity contribution is 4.95. The van der Waals surface area contributed by atoms with Crippen LogP contribution in [0.25, 0.3) is 0 Å². The molecule has 0 aromatic heterocycles. The summed E-state index contributed by atoms with van der Waals surface area (Å²) >= 11 is 0. The molecular formula is C6H9NO. The van der Waals surface area contributed by atoms with Gasteiger partial charge in [-0.3, -0.25) is 0 Å². The van der Waals surface area contributed by atoms with Gasteiger partial charge in [0.2, 0.25) is 0 Å². The molecule has 0 unspecified atom stereocenters. The van der Waals surface area contributed by atoms with Crippen molar-refractivity contribution in [2.24, 2.45) is 5.18 Å². The van der Waals surface area contributed by atoms with Crippen molar-refractivity contribution >= 4 is 0 Å². The SMILES string of the molecule is C=C=C(CCC)N=O. The van der Waals surface area contributed by atoms with Crippen molar-refractivity contribution in [3.8, 4) is 0 Å². The molecule has 2 heteroatoms. The summed E-state index contributed by atoms with van der Waals surface area (Å²) in [5.74, 6) is 0. The standard InChI is InChI=1S/C6H9NO/c1-3-5-6(4-2)7-8/h2-3,5H2,1H3. The van der Waals surface area contributed by atoms with Crippen LogP contribution in [0.3, 0.4) is 0 Å². The molecule has 0 spiro atoms. The molecule has 0 aliphatic rings. The van der Waals surface area contributed by atoms with Gasteiger partial charge in [0, 0.05) is 6.42 Å². The van der Waals surface area contributed by atoms with E-state index in [1.807, 2.05) is 6.92 Å². The maximum absolute atomic E-state index is 9.74. The Balaban J connectivity index is 3.72. The van der Waals surface area contributed by atoms with Gasteiger partial charge in [0.25, 0.3) is 0 Å². The van der Waals surface area contributed by atoms with Gasteiger partial charge in [0.15, 0.2) is 0 Å². The zero-order valence-corrected chi connectivity index (χ0v) is 4.98. The molecule has 0 fully saturated rings. The van der Waals surface area contributed by atoms with Crippen molar-refractivity contribution in [2.45, 2.75) is 19.8 Å². The zero-order chi connectivity index (χ0) is 6.41. The molecule has 0 rings (SSSR count). The summed E-state index contributed by atoms with van der Waals surface area (Å²) in [5, 5.41) is 2.69. The van der Waals surface area contributed by atoms with Crippen molar-refractivity contribution < 1.29 is 0 Å². The highest BCUT2D eigenvalue weighted by Crippen LogP contribution is 2.01. The van der Waals surface area contributed by atoms with E-state index in [0.29, 0.717) is 12.1 Å². The minimum absolute atomic E-state index is 0.424. The van der Waals surface area contributed by atoms with Crippen LogP contribution in [0.1, 0.15) is 19.8 Å². The monoisotopic (exact) mass is 111 g/mol. The van der Waals surface area contributed by atoms with Crippen LogP contribution in [0.5, 0.6) is 0 Å². The lowest BCUT2D eigenvalue weighted by Crippen LogP contribution is -1.70. The van der Waals surface area contributed by atoms with E-state index in [4.69, 9.17) is 0 Å². The average molecular weight is 111 g/mol. The first-order valence-electron chi connectivity index (χ1n) is 2.57. The second kappa shape index (κ2) is 4.28. The zero-order valence-electron chi connectivity index (χ0n) is 4.98. The molecule has 8 heavy (non-hydrogen) atoms. The number of nitroso groups, excluding NO2 is 1. The van der Waals surface area contributed by atoms with Crippen LogP contribution in [0, 0.1) is 4.91 Å². The van der Waals surface area contributed by atoms with E-state index in [2.05, 4.69) is 17.5 Å². The Morgan fingerprint density at radius 1 is 1.88 bits per heavy atom. The number of rotatable bonds is 3. The van der Waals surface area contributed by atoms with Gasteiger partial charge >= 0.3 is 0 Å². The lowest BCUT2D eigenvalue weighted by atomic mass is 10.3. The quantitative estimate of drug-likeness (QED) is 0.405. The van der Waals surface area contributed by atoms with E-state index in [-0.39, 0.29) is 0 Å². The van der Waals surface area contributed by atoms with E-state index in [1.54, 1.807) is 0 Å². The fourth-order valence-electron chi connectivity index (χ4n) is 0.403. The first-order valence-corrected chi connectivity index (χ1v) is 2.57. The Kier molecular flexibility index (Phi) is 3.81. The van der Waals surface area contributed by atoms with Crippen molar-refractivity contribution in [3.05, 3.63) is 22.9 Å². The first-order chi connectivity index (χ1) is 3.85. The largest absolute Gasteiger partial charge is 0.144 e. The fourth-order valence-corrected chi connectivity index (χ4v) is 0.403. The molecule has 2 nitrogen and oxygen atoms in total. The summed E-state index contributed by atoms with van der Waals surface area (Å²) < 4.78 is 0. The second-order valence-corrected chi connectivity index (χ2v) is 1.46. The first kappa shape index (κ1) is 7.12. The third kappa shape index (κ3) is 2.32. The highest BCUT2D eigenvalue weighted by atomic mass is 16.3. The van der Waals surface area contributed by atoms with Crippen LogP contribution in [0.2, 0.25) is 0 Å². The predicted molar refractivity (Wildman–Crippen MR) is 33.4 cm³/mol. The van der Waals surface area contributed by atoms with E-state index < -0.39 is 0 Å². The topological polar surface area (TPSA) is 29.4 Å². The molecule has 0 aliphatic heterocycles.